The van der Waals surface area contributed by atoms with Crippen LogP contribution in [-0.4, -0.2) is 49.3 Å². The predicted octanol–water partition coefficient (Wildman–Crippen LogP) is 1.08. The molecular weight excluding hydrogens is 176 g/mol. The van der Waals surface area contributed by atoms with Crippen LogP contribution in [0.5, 0.6) is 0 Å². The summed E-state index contributed by atoms with van der Waals surface area (Å²) < 4.78 is 0. The number of aliphatic hydroxyl groups is 1. The molecule has 3 nitrogen and oxygen atoms in total. The fourth-order valence-electron chi connectivity index (χ4n) is 1.20. The number of hydrogen-bond donors (Lipinski definition) is 2. The molecule has 0 spiro atoms. The zero-order valence-corrected chi connectivity index (χ0v) is 9.92. The summed E-state index contributed by atoms with van der Waals surface area (Å²) >= 11 is 0. The maximum atomic E-state index is 8.57. The first-order valence-electron chi connectivity index (χ1n) is 5.70. The molecule has 0 atom stereocenters. The van der Waals surface area contributed by atoms with Gasteiger partial charge < -0.3 is 15.3 Å². The van der Waals surface area contributed by atoms with Crippen LogP contribution in [0.15, 0.2) is 0 Å². The fourth-order valence-corrected chi connectivity index (χ4v) is 1.20. The summed E-state index contributed by atoms with van der Waals surface area (Å²) in [6.07, 6.45) is 3.20. The molecule has 0 aliphatic carbocycles. The largest absolute Gasteiger partial charge is 0.396 e. The highest BCUT2D eigenvalue weighted by Crippen LogP contribution is 1.94. The van der Waals surface area contributed by atoms with Crippen LogP contribution in [0, 0.1) is 0 Å². The molecular formula is C11H26N2O. The Morgan fingerprint density at radius 2 is 1.79 bits per heavy atom. The van der Waals surface area contributed by atoms with Crippen LogP contribution in [0.1, 0.15) is 33.1 Å². The van der Waals surface area contributed by atoms with Gasteiger partial charge in [0, 0.05) is 12.6 Å². The van der Waals surface area contributed by atoms with Gasteiger partial charge in [0.25, 0.3) is 0 Å². The van der Waals surface area contributed by atoms with Gasteiger partial charge in [-0.1, -0.05) is 0 Å². The van der Waals surface area contributed by atoms with Crippen LogP contribution in [-0.2, 0) is 0 Å². The first-order chi connectivity index (χ1) is 6.68. The Labute approximate surface area is 88.5 Å². The molecule has 0 heterocycles. The third kappa shape index (κ3) is 8.48. The van der Waals surface area contributed by atoms with E-state index < -0.39 is 0 Å². The summed E-state index contributed by atoms with van der Waals surface area (Å²) in [5.41, 5.74) is 0. The van der Waals surface area contributed by atoms with Crippen LogP contribution in [0.3, 0.4) is 0 Å². The van der Waals surface area contributed by atoms with Crippen LogP contribution < -0.4 is 5.32 Å². The summed E-state index contributed by atoms with van der Waals surface area (Å²) in [7, 11) is 2.16. The van der Waals surface area contributed by atoms with Crippen molar-refractivity contribution in [2.45, 2.75) is 39.2 Å². The van der Waals surface area contributed by atoms with E-state index in [1.54, 1.807) is 0 Å². The molecule has 0 aromatic carbocycles. The van der Waals surface area contributed by atoms with Gasteiger partial charge in [-0.2, -0.15) is 0 Å². The Hall–Kier alpha value is -0.120. The Kier molecular flexibility index (Phi) is 9.35. The van der Waals surface area contributed by atoms with E-state index in [0.717, 1.165) is 32.5 Å². The lowest BCUT2D eigenvalue weighted by Crippen LogP contribution is -2.29. The van der Waals surface area contributed by atoms with Crippen molar-refractivity contribution in [1.82, 2.24) is 10.2 Å². The first-order valence-corrected chi connectivity index (χ1v) is 5.70. The van der Waals surface area contributed by atoms with Gasteiger partial charge in [0.05, 0.1) is 0 Å². The van der Waals surface area contributed by atoms with Gasteiger partial charge in [0.1, 0.15) is 0 Å². The molecule has 14 heavy (non-hydrogen) atoms. The summed E-state index contributed by atoms with van der Waals surface area (Å²) in [4.78, 5) is 2.36. The van der Waals surface area contributed by atoms with Gasteiger partial charge in [-0.05, 0) is 59.8 Å². The van der Waals surface area contributed by atoms with Crippen molar-refractivity contribution in [2.24, 2.45) is 0 Å². The second-order valence-electron chi connectivity index (χ2n) is 4.11. The summed E-state index contributed by atoms with van der Waals surface area (Å²) in [6.45, 7) is 8.03. The second kappa shape index (κ2) is 9.44. The molecule has 0 saturated carbocycles. The van der Waals surface area contributed by atoms with E-state index in [9.17, 15) is 0 Å². The number of hydrogen-bond acceptors (Lipinski definition) is 3. The van der Waals surface area contributed by atoms with Gasteiger partial charge in [0.2, 0.25) is 0 Å². The highest BCUT2D eigenvalue weighted by atomic mass is 16.2. The highest BCUT2D eigenvalue weighted by molar-refractivity contribution is 4.58. The maximum absolute atomic E-state index is 8.57. The number of nitrogens with one attached hydrogen (secondary N) is 1. The monoisotopic (exact) mass is 202 g/mol. The topological polar surface area (TPSA) is 35.5 Å². The average Bonchev–Trinajstić information content (AvgIpc) is 2.16. The lowest BCUT2D eigenvalue weighted by molar-refractivity contribution is 0.268. The highest BCUT2D eigenvalue weighted by Gasteiger charge is 2.00. The van der Waals surface area contributed by atoms with Gasteiger partial charge in [-0.25, -0.2) is 0 Å². The molecule has 3 heteroatoms. The van der Waals surface area contributed by atoms with Crippen LogP contribution in [0.2, 0.25) is 0 Å². The minimum absolute atomic E-state index is 0.317. The van der Waals surface area contributed by atoms with E-state index in [0.29, 0.717) is 12.6 Å². The number of nitrogens with zero attached hydrogens (tertiary/aromatic N) is 1. The number of unbranched alkanes of at least 4 members (excludes halogenated alkanes) is 1. The van der Waals surface area contributed by atoms with E-state index in [1.165, 1.54) is 6.42 Å². The Morgan fingerprint density at radius 3 is 2.36 bits per heavy atom. The predicted molar refractivity (Wildman–Crippen MR) is 61.6 cm³/mol. The average molecular weight is 202 g/mol. The maximum Gasteiger partial charge on any atom is 0.0431 e. The molecule has 0 aromatic rings. The molecule has 0 aliphatic heterocycles. The Morgan fingerprint density at radius 1 is 1.14 bits per heavy atom. The van der Waals surface area contributed by atoms with E-state index in [4.69, 9.17) is 5.11 Å². The zero-order valence-electron chi connectivity index (χ0n) is 9.92. The minimum Gasteiger partial charge on any atom is -0.396 e. The molecule has 0 radical (unpaired) electrons. The summed E-state index contributed by atoms with van der Waals surface area (Å²) in [5.74, 6) is 0. The Balaban J connectivity index is 3.06. The molecule has 0 aliphatic rings. The van der Waals surface area contributed by atoms with E-state index in [-0.39, 0.29) is 0 Å². The van der Waals surface area contributed by atoms with Crippen molar-refractivity contribution in [2.75, 3.05) is 33.3 Å². The van der Waals surface area contributed by atoms with Gasteiger partial charge in [-0.15, -0.1) is 0 Å². The smallest absolute Gasteiger partial charge is 0.0431 e. The summed E-state index contributed by atoms with van der Waals surface area (Å²) in [6, 6.07) is 0.643. The van der Waals surface area contributed by atoms with Crippen molar-refractivity contribution >= 4 is 0 Å². The fraction of sp³-hybridized carbons (Fsp3) is 1.00. The SMILES string of the molecule is CC(C)N(C)CCCNCCCCO. The molecule has 86 valence electrons. The van der Waals surface area contributed by atoms with E-state index >= 15 is 0 Å². The van der Waals surface area contributed by atoms with Crippen molar-refractivity contribution in [3.8, 4) is 0 Å². The second-order valence-corrected chi connectivity index (χ2v) is 4.11. The Bertz CT molecular complexity index is 118. The molecule has 0 fully saturated rings. The van der Waals surface area contributed by atoms with Gasteiger partial charge >= 0.3 is 0 Å². The molecule has 0 saturated heterocycles. The van der Waals surface area contributed by atoms with Crippen LogP contribution in [0.25, 0.3) is 0 Å². The van der Waals surface area contributed by atoms with E-state index in [1.807, 2.05) is 0 Å². The van der Waals surface area contributed by atoms with Gasteiger partial charge in [0.15, 0.2) is 0 Å². The third-order valence-corrected chi connectivity index (χ3v) is 2.51. The lowest BCUT2D eigenvalue weighted by atomic mass is 10.3. The van der Waals surface area contributed by atoms with E-state index in [2.05, 4.69) is 31.1 Å². The van der Waals surface area contributed by atoms with Crippen LogP contribution >= 0.6 is 0 Å². The minimum atomic E-state index is 0.317. The first kappa shape index (κ1) is 13.9. The molecule has 0 unspecified atom stereocenters. The van der Waals surface area contributed by atoms with Crippen LogP contribution in [0.4, 0.5) is 0 Å². The molecule has 2 N–H and O–H groups in total. The molecule has 0 amide bonds. The molecule has 0 rings (SSSR count). The number of rotatable bonds is 9. The normalized spacial score (nSPS) is 11.6. The lowest BCUT2D eigenvalue weighted by Gasteiger charge is -2.20. The molecule has 0 bridgehead atoms. The van der Waals surface area contributed by atoms with Crippen molar-refractivity contribution in [3.05, 3.63) is 0 Å². The van der Waals surface area contributed by atoms with Crippen molar-refractivity contribution in [1.29, 1.82) is 0 Å². The van der Waals surface area contributed by atoms with Crippen molar-refractivity contribution < 1.29 is 5.11 Å². The van der Waals surface area contributed by atoms with Gasteiger partial charge in [-0.3, -0.25) is 0 Å². The summed E-state index contributed by atoms with van der Waals surface area (Å²) in [5, 5.41) is 11.9. The standard InChI is InChI=1S/C11H26N2O/c1-11(2)13(3)9-6-8-12-7-4-5-10-14/h11-12,14H,4-10H2,1-3H3. The zero-order chi connectivity index (χ0) is 10.8. The molecule has 0 aromatic heterocycles. The quantitative estimate of drug-likeness (QED) is 0.549. The number of aliphatic hydroxyl groups excluding tert-OH is 1. The van der Waals surface area contributed by atoms with Crippen molar-refractivity contribution in [3.63, 3.8) is 0 Å². The third-order valence-electron chi connectivity index (χ3n) is 2.51.